The van der Waals surface area contributed by atoms with E-state index < -0.39 is 9.84 Å². The van der Waals surface area contributed by atoms with Crippen molar-refractivity contribution in [2.45, 2.75) is 11.3 Å². The van der Waals surface area contributed by atoms with Gasteiger partial charge in [-0.25, -0.2) is 8.42 Å². The molecule has 0 unspecified atom stereocenters. The third kappa shape index (κ3) is 3.83. The first-order valence-electron chi connectivity index (χ1n) is 8.55. The molecule has 28 heavy (non-hydrogen) atoms. The molecule has 2 heterocycles. The molecule has 4 rings (SSSR count). The fraction of sp³-hybridized carbons (Fsp3) is 0.263. The monoisotopic (exact) mass is 480 g/mol. The van der Waals surface area contributed by atoms with Crippen molar-refractivity contribution in [1.82, 2.24) is 0 Å². The highest BCUT2D eigenvalue weighted by Gasteiger charge is 2.49. The van der Waals surface area contributed by atoms with E-state index in [1.807, 2.05) is 29.2 Å². The number of hydrogen-bond donors (Lipinski definition) is 0. The van der Waals surface area contributed by atoms with Gasteiger partial charge >= 0.3 is 0 Å². The summed E-state index contributed by atoms with van der Waals surface area (Å²) in [5, 5.41) is 0.374. The molecule has 0 aliphatic carbocycles. The molecule has 0 bridgehead atoms. The normalized spacial score (nSPS) is 24.4. The zero-order valence-corrected chi connectivity index (χ0v) is 18.1. The Balaban J connectivity index is 1.72. The summed E-state index contributed by atoms with van der Waals surface area (Å²) in [5.74, 6) is 0.443. The molecule has 0 spiro atoms. The summed E-state index contributed by atoms with van der Waals surface area (Å²) in [5.41, 5.74) is 1.24. The van der Waals surface area contributed by atoms with Gasteiger partial charge in [0, 0.05) is 27.0 Å². The number of fused-ring (bicyclic) bond motifs is 1. The van der Waals surface area contributed by atoms with Crippen molar-refractivity contribution < 1.29 is 17.9 Å². The van der Waals surface area contributed by atoms with Gasteiger partial charge in [0.1, 0.15) is 5.75 Å². The van der Waals surface area contributed by atoms with Crippen LogP contribution in [-0.2, 0) is 9.84 Å². The fourth-order valence-corrected chi connectivity index (χ4v) is 7.55. The van der Waals surface area contributed by atoms with Crippen molar-refractivity contribution in [2.75, 3.05) is 23.5 Å². The summed E-state index contributed by atoms with van der Waals surface area (Å²) in [6.45, 7) is 0. The van der Waals surface area contributed by atoms with Crippen LogP contribution in [0.5, 0.6) is 5.75 Å². The molecule has 9 heteroatoms. The second-order valence-electron chi connectivity index (χ2n) is 6.58. The summed E-state index contributed by atoms with van der Waals surface area (Å²) in [6.07, 6.45) is 0. The number of ether oxygens (including phenoxy) is 1. The Kier molecular flexibility index (Phi) is 5.24. The van der Waals surface area contributed by atoms with Gasteiger partial charge in [0.2, 0.25) is 0 Å². The predicted octanol–water partition coefficient (Wildman–Crippen LogP) is 3.37. The maximum absolute atomic E-state index is 12.7. The van der Waals surface area contributed by atoms with E-state index in [1.165, 1.54) is 11.8 Å². The molecule has 2 atom stereocenters. The van der Waals surface area contributed by atoms with E-state index in [2.05, 4.69) is 20.9 Å². The number of amides is 1. The number of carbonyl (C=O) groups is 1. The molecule has 6 nitrogen and oxygen atoms in total. The first-order chi connectivity index (χ1) is 13.4. The number of rotatable bonds is 3. The molecule has 146 valence electrons. The molecule has 2 aliphatic heterocycles. The number of halogens is 1. The Morgan fingerprint density at radius 2 is 1.96 bits per heavy atom. The average molecular weight is 481 g/mol. The number of benzene rings is 2. The summed E-state index contributed by atoms with van der Waals surface area (Å²) in [7, 11) is -1.53. The number of thioether (sulfide) groups is 1. The first-order valence-corrected chi connectivity index (χ1v) is 12.0. The van der Waals surface area contributed by atoms with Gasteiger partial charge in [-0.15, -0.1) is 0 Å². The Morgan fingerprint density at radius 1 is 1.21 bits per heavy atom. The van der Waals surface area contributed by atoms with E-state index >= 15 is 0 Å². The number of anilines is 1. The highest BCUT2D eigenvalue weighted by atomic mass is 79.9. The lowest BCUT2D eigenvalue weighted by molar-refractivity contribution is 0.100. The Labute approximate surface area is 176 Å². The van der Waals surface area contributed by atoms with Crippen LogP contribution in [0.3, 0.4) is 0 Å². The first kappa shape index (κ1) is 19.5. The van der Waals surface area contributed by atoms with Crippen LogP contribution < -0.4 is 9.64 Å². The molecule has 2 aliphatic rings. The second kappa shape index (κ2) is 7.53. The molecule has 1 amide bonds. The molecular formula is C19H17BrN2O4S2. The number of methoxy groups -OCH3 is 1. The van der Waals surface area contributed by atoms with Crippen molar-refractivity contribution in [3.8, 4) is 5.75 Å². The summed E-state index contributed by atoms with van der Waals surface area (Å²) in [6, 6.07) is 14.1. The fourth-order valence-electron chi connectivity index (χ4n) is 3.37. The molecule has 0 aromatic heterocycles. The quantitative estimate of drug-likeness (QED) is 0.669. The molecule has 0 radical (unpaired) electrons. The molecule has 2 aromatic rings. The molecule has 2 fully saturated rings. The van der Waals surface area contributed by atoms with Gasteiger partial charge in [-0.2, -0.15) is 4.99 Å². The standard InChI is InChI=1S/C19H17BrN2O4S2/c1-26-15-4-2-3-14(9-15)22-16-10-28(24,25)11-17(16)27-19(22)21-18(23)12-5-7-13(20)8-6-12/h2-9,16-17H,10-11H2,1H3/t16-,17-/m0/s1. The number of hydrogen-bond acceptors (Lipinski definition) is 5. The summed E-state index contributed by atoms with van der Waals surface area (Å²) in [4.78, 5) is 18.9. The Morgan fingerprint density at radius 3 is 2.68 bits per heavy atom. The third-order valence-corrected chi connectivity index (χ3v) is 8.42. The van der Waals surface area contributed by atoms with E-state index in [1.54, 1.807) is 31.4 Å². The number of sulfone groups is 1. The molecule has 2 saturated heterocycles. The maximum atomic E-state index is 12.7. The molecular weight excluding hydrogens is 464 g/mol. The molecule has 0 saturated carbocycles. The maximum Gasteiger partial charge on any atom is 0.279 e. The minimum absolute atomic E-state index is 0.0490. The van der Waals surface area contributed by atoms with Gasteiger partial charge in [-0.3, -0.25) is 4.79 Å². The molecule has 2 aromatic carbocycles. The number of amidine groups is 1. The lowest BCUT2D eigenvalue weighted by Crippen LogP contribution is -2.37. The van der Waals surface area contributed by atoms with E-state index in [4.69, 9.17) is 4.74 Å². The van der Waals surface area contributed by atoms with Gasteiger partial charge in [0.25, 0.3) is 5.91 Å². The summed E-state index contributed by atoms with van der Waals surface area (Å²) >= 11 is 4.70. The van der Waals surface area contributed by atoms with Crippen molar-refractivity contribution in [1.29, 1.82) is 0 Å². The number of nitrogens with zero attached hydrogens (tertiary/aromatic N) is 2. The van der Waals surface area contributed by atoms with Crippen LogP contribution in [0, 0.1) is 0 Å². The summed E-state index contributed by atoms with van der Waals surface area (Å²) < 4.78 is 30.5. The van der Waals surface area contributed by atoms with Crippen LogP contribution in [0.4, 0.5) is 5.69 Å². The second-order valence-corrected chi connectivity index (χ2v) is 10.9. The lowest BCUT2D eigenvalue weighted by atomic mass is 10.2. The smallest absolute Gasteiger partial charge is 0.279 e. The Bertz CT molecular complexity index is 1050. The van der Waals surface area contributed by atoms with Crippen molar-refractivity contribution in [3.63, 3.8) is 0 Å². The van der Waals surface area contributed by atoms with Gasteiger partial charge in [-0.1, -0.05) is 33.8 Å². The SMILES string of the molecule is COc1cccc(N2C(=NC(=O)c3ccc(Br)cc3)S[C@H]3CS(=O)(=O)C[C@@H]32)c1. The van der Waals surface area contributed by atoms with Crippen LogP contribution in [-0.4, -0.2) is 49.4 Å². The number of aliphatic imine (C=N–C) groups is 1. The van der Waals surface area contributed by atoms with Crippen LogP contribution in [0.1, 0.15) is 10.4 Å². The van der Waals surface area contributed by atoms with E-state index in [9.17, 15) is 13.2 Å². The van der Waals surface area contributed by atoms with Crippen LogP contribution in [0.2, 0.25) is 0 Å². The third-order valence-electron chi connectivity index (χ3n) is 4.69. The largest absolute Gasteiger partial charge is 0.497 e. The zero-order valence-electron chi connectivity index (χ0n) is 14.9. The highest BCUT2D eigenvalue weighted by molar-refractivity contribution is 9.10. The van der Waals surface area contributed by atoms with Gasteiger partial charge in [0.05, 0.1) is 24.7 Å². The van der Waals surface area contributed by atoms with E-state index in [-0.39, 0.29) is 28.7 Å². The van der Waals surface area contributed by atoms with Crippen molar-refractivity contribution >= 4 is 54.3 Å². The minimum Gasteiger partial charge on any atom is -0.497 e. The van der Waals surface area contributed by atoms with Crippen LogP contribution >= 0.6 is 27.7 Å². The predicted molar refractivity (Wildman–Crippen MR) is 115 cm³/mol. The van der Waals surface area contributed by atoms with Crippen molar-refractivity contribution in [2.24, 2.45) is 4.99 Å². The van der Waals surface area contributed by atoms with Gasteiger partial charge in [0.15, 0.2) is 15.0 Å². The zero-order chi connectivity index (χ0) is 19.9. The topological polar surface area (TPSA) is 76.0 Å². The van der Waals surface area contributed by atoms with Gasteiger partial charge in [-0.05, 0) is 36.4 Å². The van der Waals surface area contributed by atoms with Crippen molar-refractivity contribution in [3.05, 3.63) is 58.6 Å². The number of carbonyl (C=O) groups excluding carboxylic acids is 1. The lowest BCUT2D eigenvalue weighted by Gasteiger charge is -2.24. The molecule has 0 N–H and O–H groups in total. The van der Waals surface area contributed by atoms with Crippen LogP contribution in [0.15, 0.2) is 58.0 Å². The Hall–Kier alpha value is -1.84. The van der Waals surface area contributed by atoms with E-state index in [0.717, 1.165) is 10.2 Å². The minimum atomic E-state index is -3.11. The van der Waals surface area contributed by atoms with E-state index in [0.29, 0.717) is 16.5 Å². The van der Waals surface area contributed by atoms with Gasteiger partial charge < -0.3 is 9.64 Å². The highest BCUT2D eigenvalue weighted by Crippen LogP contribution is 2.41. The van der Waals surface area contributed by atoms with Crippen LogP contribution in [0.25, 0.3) is 0 Å². The average Bonchev–Trinajstić information content (AvgIpc) is 3.12.